The zero-order valence-corrected chi connectivity index (χ0v) is 28.7. The van der Waals surface area contributed by atoms with E-state index in [1.54, 1.807) is 0 Å². The largest absolute Gasteiger partial charge is 0.254 e. The Morgan fingerprint density at radius 1 is 0.358 bits per heavy atom. The van der Waals surface area contributed by atoms with Crippen molar-refractivity contribution in [1.82, 2.24) is 9.97 Å². The van der Waals surface area contributed by atoms with Gasteiger partial charge in [0.25, 0.3) is 0 Å². The minimum absolute atomic E-state index is 0.396. The highest BCUT2D eigenvalue weighted by atomic mass is 14.7. The van der Waals surface area contributed by atoms with Crippen molar-refractivity contribution in [3.63, 3.8) is 0 Å². The molecule has 10 aromatic rings. The van der Waals surface area contributed by atoms with E-state index in [0.717, 1.165) is 33.1 Å². The molecule has 244 valence electrons. The Bertz CT molecular complexity index is 3140. The van der Waals surface area contributed by atoms with Crippen molar-refractivity contribution in [2.45, 2.75) is 5.41 Å². The monoisotopic (exact) mass is 670 g/mol. The molecule has 53 heavy (non-hydrogen) atoms. The maximum absolute atomic E-state index is 5.15. The third-order valence-electron chi connectivity index (χ3n) is 11.9. The third kappa shape index (κ3) is 3.87. The minimum atomic E-state index is -0.396. The molecule has 12 rings (SSSR count). The van der Waals surface area contributed by atoms with Crippen molar-refractivity contribution in [1.29, 1.82) is 0 Å². The lowest BCUT2D eigenvalue weighted by Crippen LogP contribution is -2.25. The molecule has 2 aliphatic rings. The summed E-state index contributed by atoms with van der Waals surface area (Å²) in [4.78, 5) is 9.83. The van der Waals surface area contributed by atoms with E-state index >= 15 is 0 Å². The summed E-state index contributed by atoms with van der Waals surface area (Å²) < 4.78 is 0. The molecule has 8 aromatic carbocycles. The quantitative estimate of drug-likeness (QED) is 0.171. The zero-order valence-electron chi connectivity index (χ0n) is 28.7. The van der Waals surface area contributed by atoms with Crippen LogP contribution in [0.25, 0.3) is 88.0 Å². The average molecular weight is 671 g/mol. The van der Waals surface area contributed by atoms with Crippen LogP contribution in [0.4, 0.5) is 0 Å². The zero-order chi connectivity index (χ0) is 34.7. The molecule has 0 aliphatic heterocycles. The standard InChI is InChI=1S/C51H30N2/c1-2-13-39-31(9-1)22-24-45-48(39)42-29-36-21-20-35(28-38(36)30-46(42)51(45)43-16-5-3-14-40(43)41-15-4-6-17-44(41)51)34-10-7-11-37(27-34)47-25-23-33-19-18-32-12-8-26-52-49(32)50(33)53-47/h1-30H. The fourth-order valence-corrected chi connectivity index (χ4v) is 9.57. The molecule has 1 spiro atoms. The van der Waals surface area contributed by atoms with Gasteiger partial charge in [-0.25, -0.2) is 4.98 Å². The Balaban J connectivity index is 1.06. The first kappa shape index (κ1) is 28.8. The molecule has 2 heteroatoms. The number of pyridine rings is 2. The van der Waals surface area contributed by atoms with E-state index in [1.807, 2.05) is 12.3 Å². The number of nitrogens with zero attached hydrogens (tertiary/aromatic N) is 2. The van der Waals surface area contributed by atoms with E-state index in [0.29, 0.717) is 0 Å². The van der Waals surface area contributed by atoms with Crippen molar-refractivity contribution in [2.24, 2.45) is 0 Å². The molecule has 0 amide bonds. The fraction of sp³-hybridized carbons (Fsp3) is 0.0196. The van der Waals surface area contributed by atoms with E-state index < -0.39 is 5.41 Å². The van der Waals surface area contributed by atoms with Gasteiger partial charge in [-0.15, -0.1) is 0 Å². The molecule has 2 heterocycles. The van der Waals surface area contributed by atoms with Crippen LogP contribution in [-0.4, -0.2) is 9.97 Å². The van der Waals surface area contributed by atoms with Gasteiger partial charge >= 0.3 is 0 Å². The molecule has 0 saturated carbocycles. The van der Waals surface area contributed by atoms with E-state index in [-0.39, 0.29) is 0 Å². The molecule has 0 unspecified atom stereocenters. The molecule has 2 nitrogen and oxygen atoms in total. The summed E-state index contributed by atoms with van der Waals surface area (Å²) in [5, 5.41) is 7.27. The van der Waals surface area contributed by atoms with Crippen LogP contribution in [0.3, 0.4) is 0 Å². The number of fused-ring (bicyclic) bond motifs is 16. The van der Waals surface area contributed by atoms with Crippen LogP contribution in [0, 0.1) is 0 Å². The number of hydrogen-bond acceptors (Lipinski definition) is 2. The summed E-state index contributed by atoms with van der Waals surface area (Å²) in [7, 11) is 0. The lowest BCUT2D eigenvalue weighted by atomic mass is 9.70. The fourth-order valence-electron chi connectivity index (χ4n) is 9.57. The van der Waals surface area contributed by atoms with Crippen molar-refractivity contribution in [2.75, 3.05) is 0 Å². The van der Waals surface area contributed by atoms with E-state index in [1.165, 1.54) is 77.2 Å². The molecule has 2 aliphatic carbocycles. The first-order chi connectivity index (χ1) is 26.3. The summed E-state index contributed by atoms with van der Waals surface area (Å²) >= 11 is 0. The summed E-state index contributed by atoms with van der Waals surface area (Å²) in [6.45, 7) is 0. The molecule has 0 bridgehead atoms. The Kier molecular flexibility index (Phi) is 5.73. The van der Waals surface area contributed by atoms with Crippen LogP contribution in [0.1, 0.15) is 22.3 Å². The minimum Gasteiger partial charge on any atom is -0.254 e. The van der Waals surface area contributed by atoms with Crippen molar-refractivity contribution in [3.8, 4) is 44.6 Å². The molecule has 0 saturated heterocycles. The predicted molar refractivity (Wildman–Crippen MR) is 219 cm³/mol. The predicted octanol–water partition coefficient (Wildman–Crippen LogP) is 12.8. The molecule has 2 aromatic heterocycles. The van der Waals surface area contributed by atoms with Crippen LogP contribution >= 0.6 is 0 Å². The van der Waals surface area contributed by atoms with Gasteiger partial charge in [-0.2, -0.15) is 0 Å². The first-order valence-electron chi connectivity index (χ1n) is 18.3. The van der Waals surface area contributed by atoms with Crippen LogP contribution in [-0.2, 0) is 5.41 Å². The maximum Gasteiger partial charge on any atom is 0.0972 e. The van der Waals surface area contributed by atoms with Gasteiger partial charge in [-0.05, 0) is 114 Å². The van der Waals surface area contributed by atoms with Crippen molar-refractivity contribution < 1.29 is 0 Å². The van der Waals surface area contributed by atoms with Crippen molar-refractivity contribution >= 4 is 43.4 Å². The van der Waals surface area contributed by atoms with Gasteiger partial charge in [0.1, 0.15) is 0 Å². The summed E-state index contributed by atoms with van der Waals surface area (Å²) in [6.07, 6.45) is 1.85. The number of hydrogen-bond donors (Lipinski definition) is 0. The lowest BCUT2D eigenvalue weighted by molar-refractivity contribution is 0.795. The molecule has 0 atom stereocenters. The van der Waals surface area contributed by atoms with Gasteiger partial charge in [0.05, 0.1) is 22.1 Å². The second-order valence-electron chi connectivity index (χ2n) is 14.5. The SMILES string of the molecule is c1cc(-c2ccc3cc4c(cc3c2)C2(c3ccccc3-c3ccccc32)c2ccc3ccccc3c2-4)cc(-c2ccc3ccc4cccnc4c3n2)c1. The highest BCUT2D eigenvalue weighted by Crippen LogP contribution is 2.64. The Morgan fingerprint density at radius 2 is 1.04 bits per heavy atom. The maximum atomic E-state index is 5.15. The topological polar surface area (TPSA) is 25.8 Å². The molecular weight excluding hydrogens is 641 g/mol. The molecular formula is C51H30N2. The van der Waals surface area contributed by atoms with Crippen molar-refractivity contribution in [3.05, 3.63) is 204 Å². The Morgan fingerprint density at radius 3 is 1.91 bits per heavy atom. The van der Waals surface area contributed by atoms with Gasteiger partial charge < -0.3 is 0 Å². The molecule has 0 fully saturated rings. The summed E-state index contributed by atoms with van der Waals surface area (Å²) in [5.74, 6) is 0. The van der Waals surface area contributed by atoms with Crippen LogP contribution in [0.2, 0.25) is 0 Å². The van der Waals surface area contributed by atoms with E-state index in [4.69, 9.17) is 4.98 Å². The van der Waals surface area contributed by atoms with Gasteiger partial charge in [0, 0.05) is 22.5 Å². The highest BCUT2D eigenvalue weighted by Gasteiger charge is 2.52. The smallest absolute Gasteiger partial charge is 0.0972 e. The Hall–Kier alpha value is -6.90. The lowest BCUT2D eigenvalue weighted by Gasteiger charge is -2.30. The third-order valence-corrected chi connectivity index (χ3v) is 11.9. The van der Waals surface area contributed by atoms with Gasteiger partial charge in [0.15, 0.2) is 0 Å². The van der Waals surface area contributed by atoms with Crippen LogP contribution < -0.4 is 0 Å². The normalized spacial score (nSPS) is 13.4. The van der Waals surface area contributed by atoms with Gasteiger partial charge in [-0.1, -0.05) is 140 Å². The summed E-state index contributed by atoms with van der Waals surface area (Å²) in [6, 6.07) is 65.0. The number of rotatable bonds is 2. The second kappa shape index (κ2) is 10.6. The van der Waals surface area contributed by atoms with E-state index in [9.17, 15) is 0 Å². The first-order valence-corrected chi connectivity index (χ1v) is 18.3. The van der Waals surface area contributed by atoms with Crippen LogP contribution in [0.5, 0.6) is 0 Å². The van der Waals surface area contributed by atoms with Gasteiger partial charge in [-0.3, -0.25) is 4.98 Å². The second-order valence-corrected chi connectivity index (χ2v) is 14.5. The number of aromatic nitrogens is 2. The summed E-state index contributed by atoms with van der Waals surface area (Å²) in [5.41, 5.74) is 16.7. The molecule has 0 N–H and O–H groups in total. The van der Waals surface area contributed by atoms with Crippen LogP contribution in [0.15, 0.2) is 182 Å². The Labute approximate surface area is 306 Å². The van der Waals surface area contributed by atoms with E-state index in [2.05, 4.69) is 175 Å². The highest BCUT2D eigenvalue weighted by molar-refractivity contribution is 6.09. The van der Waals surface area contributed by atoms with Gasteiger partial charge in [0.2, 0.25) is 0 Å². The average Bonchev–Trinajstić information content (AvgIpc) is 3.69. The molecule has 0 radical (unpaired) electrons. The number of benzene rings is 8.